The molecule has 2 rings (SSSR count). The lowest BCUT2D eigenvalue weighted by atomic mass is 10.2. The van der Waals surface area contributed by atoms with Crippen LogP contribution in [0.4, 0.5) is 11.5 Å². The lowest BCUT2D eigenvalue weighted by molar-refractivity contribution is 0.102. The molecule has 122 valence electrons. The van der Waals surface area contributed by atoms with E-state index in [1.807, 2.05) is 6.07 Å². The predicted molar refractivity (Wildman–Crippen MR) is 92.7 cm³/mol. The molecular formula is C18H23N3O2. The second-order valence-corrected chi connectivity index (χ2v) is 5.30. The molecule has 0 saturated heterocycles. The summed E-state index contributed by atoms with van der Waals surface area (Å²) < 4.78 is 0. The maximum atomic E-state index is 12.3. The van der Waals surface area contributed by atoms with Crippen LogP contribution in [-0.4, -0.2) is 29.1 Å². The second kappa shape index (κ2) is 8.29. The predicted octanol–water partition coefficient (Wildman–Crippen LogP) is 3.06. The number of nitrogens with zero attached hydrogens (tertiary/aromatic N) is 2. The maximum Gasteiger partial charge on any atom is 0.257 e. The van der Waals surface area contributed by atoms with E-state index in [-0.39, 0.29) is 12.5 Å². The summed E-state index contributed by atoms with van der Waals surface area (Å²) in [6.07, 6.45) is 2.65. The summed E-state index contributed by atoms with van der Waals surface area (Å²) >= 11 is 0. The number of carbonyl (C=O) groups excluding carboxylic acids is 1. The molecule has 2 aromatic rings. The second-order valence-electron chi connectivity index (χ2n) is 5.30. The number of amides is 1. The van der Waals surface area contributed by atoms with Crippen molar-refractivity contribution in [1.82, 2.24) is 4.98 Å². The molecule has 5 nitrogen and oxygen atoms in total. The van der Waals surface area contributed by atoms with Crippen molar-refractivity contribution in [2.24, 2.45) is 0 Å². The number of anilines is 2. The zero-order valence-electron chi connectivity index (χ0n) is 13.6. The summed E-state index contributed by atoms with van der Waals surface area (Å²) in [6, 6.07) is 10.8. The molecule has 0 fully saturated rings. The Balaban J connectivity index is 2.07. The van der Waals surface area contributed by atoms with E-state index in [1.165, 1.54) is 0 Å². The quantitative estimate of drug-likeness (QED) is 0.824. The zero-order chi connectivity index (χ0) is 16.7. The van der Waals surface area contributed by atoms with Crippen LogP contribution in [0.1, 0.15) is 36.2 Å². The average molecular weight is 313 g/mol. The highest BCUT2D eigenvalue weighted by atomic mass is 16.3. The van der Waals surface area contributed by atoms with Gasteiger partial charge in [-0.25, -0.2) is 4.98 Å². The first kappa shape index (κ1) is 17.0. The lowest BCUT2D eigenvalue weighted by Gasteiger charge is -2.21. The molecule has 0 spiro atoms. The van der Waals surface area contributed by atoms with Crippen molar-refractivity contribution in [2.45, 2.75) is 26.9 Å². The normalized spacial score (nSPS) is 10.4. The van der Waals surface area contributed by atoms with Crippen LogP contribution in [0.15, 0.2) is 42.6 Å². The van der Waals surface area contributed by atoms with Crippen molar-refractivity contribution >= 4 is 17.4 Å². The highest BCUT2D eigenvalue weighted by Gasteiger charge is 2.09. The Labute approximate surface area is 137 Å². The first-order valence-corrected chi connectivity index (χ1v) is 7.90. The van der Waals surface area contributed by atoms with Crippen molar-refractivity contribution in [1.29, 1.82) is 0 Å². The van der Waals surface area contributed by atoms with Crippen LogP contribution < -0.4 is 10.2 Å². The fourth-order valence-electron chi connectivity index (χ4n) is 2.36. The van der Waals surface area contributed by atoms with E-state index in [4.69, 9.17) is 5.11 Å². The van der Waals surface area contributed by atoms with Gasteiger partial charge >= 0.3 is 0 Å². The maximum absolute atomic E-state index is 12.3. The van der Waals surface area contributed by atoms with E-state index in [2.05, 4.69) is 29.0 Å². The third-order valence-electron chi connectivity index (χ3n) is 3.58. The third kappa shape index (κ3) is 4.53. The Morgan fingerprint density at radius 1 is 1.26 bits per heavy atom. The fraction of sp³-hybridized carbons (Fsp3) is 0.333. The number of aromatic nitrogens is 1. The van der Waals surface area contributed by atoms with Gasteiger partial charge in [0.05, 0.1) is 12.2 Å². The van der Waals surface area contributed by atoms with Crippen LogP contribution >= 0.6 is 0 Å². The van der Waals surface area contributed by atoms with Gasteiger partial charge in [-0.15, -0.1) is 0 Å². The molecular weight excluding hydrogens is 290 g/mol. The van der Waals surface area contributed by atoms with Crippen molar-refractivity contribution in [2.75, 3.05) is 23.3 Å². The van der Waals surface area contributed by atoms with Crippen molar-refractivity contribution < 1.29 is 9.90 Å². The van der Waals surface area contributed by atoms with Crippen LogP contribution in [0.2, 0.25) is 0 Å². The summed E-state index contributed by atoms with van der Waals surface area (Å²) in [5.41, 5.74) is 1.93. The number of hydrogen-bond donors (Lipinski definition) is 2. The van der Waals surface area contributed by atoms with Gasteiger partial charge in [-0.3, -0.25) is 4.79 Å². The van der Waals surface area contributed by atoms with Crippen LogP contribution in [0.5, 0.6) is 0 Å². The van der Waals surface area contributed by atoms with Crippen LogP contribution in [-0.2, 0) is 6.61 Å². The van der Waals surface area contributed by atoms with Crippen LogP contribution in [0, 0.1) is 0 Å². The van der Waals surface area contributed by atoms with Gasteiger partial charge in [-0.1, -0.05) is 19.1 Å². The highest BCUT2D eigenvalue weighted by molar-refractivity contribution is 6.04. The van der Waals surface area contributed by atoms with Gasteiger partial charge in [0.15, 0.2) is 0 Å². The number of benzene rings is 1. The monoisotopic (exact) mass is 313 g/mol. The number of carbonyl (C=O) groups is 1. The standard InChI is InChI=1S/C18H23N3O2/c1-3-10-21(4-2)17-9-8-15(12-19-17)18(23)20-16-7-5-6-14(11-16)13-22/h5-9,11-12,22H,3-4,10,13H2,1-2H3,(H,20,23). The number of aliphatic hydroxyl groups excluding tert-OH is 1. The first-order valence-electron chi connectivity index (χ1n) is 7.90. The largest absolute Gasteiger partial charge is 0.392 e. The summed E-state index contributed by atoms with van der Waals surface area (Å²) in [7, 11) is 0. The highest BCUT2D eigenvalue weighted by Crippen LogP contribution is 2.15. The van der Waals surface area contributed by atoms with Gasteiger partial charge in [-0.2, -0.15) is 0 Å². The van der Waals surface area contributed by atoms with E-state index < -0.39 is 0 Å². The van der Waals surface area contributed by atoms with Gasteiger partial charge in [0.25, 0.3) is 5.91 Å². The summed E-state index contributed by atoms with van der Waals surface area (Å²) in [5, 5.41) is 12.0. The Bertz CT molecular complexity index is 641. The molecule has 0 aliphatic rings. The molecule has 2 N–H and O–H groups in total. The minimum atomic E-state index is -0.210. The van der Waals surface area contributed by atoms with Crippen molar-refractivity contribution in [3.8, 4) is 0 Å². The Hall–Kier alpha value is -2.40. The minimum Gasteiger partial charge on any atom is -0.392 e. The Morgan fingerprint density at radius 2 is 2.09 bits per heavy atom. The molecule has 1 aromatic heterocycles. The van der Waals surface area contributed by atoms with E-state index in [0.29, 0.717) is 11.3 Å². The van der Waals surface area contributed by atoms with E-state index in [0.717, 1.165) is 30.9 Å². The molecule has 0 atom stereocenters. The number of rotatable bonds is 7. The van der Waals surface area contributed by atoms with Gasteiger partial charge in [-0.05, 0) is 43.2 Å². The van der Waals surface area contributed by atoms with Crippen molar-refractivity contribution in [3.63, 3.8) is 0 Å². The van der Waals surface area contributed by atoms with E-state index in [9.17, 15) is 4.79 Å². The average Bonchev–Trinajstić information content (AvgIpc) is 2.60. The fourth-order valence-corrected chi connectivity index (χ4v) is 2.36. The van der Waals surface area contributed by atoms with Gasteiger partial charge < -0.3 is 15.3 Å². The molecule has 1 aromatic carbocycles. The smallest absolute Gasteiger partial charge is 0.257 e. The SMILES string of the molecule is CCCN(CC)c1ccc(C(=O)Nc2cccc(CO)c2)cn1. The molecule has 0 bridgehead atoms. The Morgan fingerprint density at radius 3 is 2.70 bits per heavy atom. The molecule has 0 radical (unpaired) electrons. The lowest BCUT2D eigenvalue weighted by Crippen LogP contribution is -2.24. The van der Waals surface area contributed by atoms with Crippen LogP contribution in [0.3, 0.4) is 0 Å². The van der Waals surface area contributed by atoms with E-state index >= 15 is 0 Å². The number of nitrogens with one attached hydrogen (secondary N) is 1. The van der Waals surface area contributed by atoms with E-state index in [1.54, 1.807) is 36.5 Å². The molecule has 1 amide bonds. The Kier molecular flexibility index (Phi) is 6.11. The molecule has 0 unspecified atom stereocenters. The summed E-state index contributed by atoms with van der Waals surface area (Å²) in [5.74, 6) is 0.672. The van der Waals surface area contributed by atoms with Crippen molar-refractivity contribution in [3.05, 3.63) is 53.7 Å². The summed E-state index contributed by atoms with van der Waals surface area (Å²) in [6.45, 7) is 6.00. The van der Waals surface area contributed by atoms with Gasteiger partial charge in [0.2, 0.25) is 0 Å². The molecule has 1 heterocycles. The third-order valence-corrected chi connectivity index (χ3v) is 3.58. The number of aliphatic hydroxyl groups is 1. The zero-order valence-corrected chi connectivity index (χ0v) is 13.6. The van der Waals surface area contributed by atoms with Gasteiger partial charge in [0.1, 0.15) is 5.82 Å². The molecule has 0 aliphatic heterocycles. The topological polar surface area (TPSA) is 65.5 Å². The summed E-state index contributed by atoms with van der Waals surface area (Å²) in [4.78, 5) is 18.8. The minimum absolute atomic E-state index is 0.0513. The molecule has 23 heavy (non-hydrogen) atoms. The van der Waals surface area contributed by atoms with Crippen LogP contribution in [0.25, 0.3) is 0 Å². The molecule has 5 heteroatoms. The number of pyridine rings is 1. The number of hydrogen-bond acceptors (Lipinski definition) is 4. The van der Waals surface area contributed by atoms with Gasteiger partial charge in [0, 0.05) is 25.0 Å². The molecule has 0 aliphatic carbocycles. The first-order chi connectivity index (χ1) is 11.2. The molecule has 0 saturated carbocycles.